The van der Waals surface area contributed by atoms with Crippen molar-refractivity contribution in [3.05, 3.63) is 54.1 Å². The molecule has 1 fully saturated rings. The molecule has 1 saturated heterocycles. The van der Waals surface area contributed by atoms with Crippen LogP contribution in [0.25, 0.3) is 0 Å². The number of halogens is 1. The van der Waals surface area contributed by atoms with E-state index in [1.165, 1.54) is 18.2 Å². The number of aryl methyl sites for hydroxylation is 1. The zero-order valence-corrected chi connectivity index (χ0v) is 14.0. The number of urea groups is 1. The van der Waals surface area contributed by atoms with Crippen molar-refractivity contribution >= 4 is 17.6 Å². The number of rotatable bonds is 4. The number of carbonyl (C=O) groups is 2. The SMILES string of the molecule is Cn1cccc1[C@H]1CCCN1CC(=O)NC(=O)Nc1ccccc1F. The molecule has 0 spiro atoms. The Kier molecular flexibility index (Phi) is 5.14. The maximum absolute atomic E-state index is 13.5. The van der Waals surface area contributed by atoms with Gasteiger partial charge in [0.25, 0.3) is 0 Å². The monoisotopic (exact) mass is 344 g/mol. The lowest BCUT2D eigenvalue weighted by molar-refractivity contribution is -0.121. The molecule has 2 heterocycles. The van der Waals surface area contributed by atoms with Gasteiger partial charge in [-0.2, -0.15) is 0 Å². The zero-order chi connectivity index (χ0) is 17.8. The third-order valence-corrected chi connectivity index (χ3v) is 4.41. The molecule has 0 unspecified atom stereocenters. The highest BCUT2D eigenvalue weighted by Gasteiger charge is 2.29. The first-order valence-corrected chi connectivity index (χ1v) is 8.25. The number of hydrogen-bond acceptors (Lipinski definition) is 3. The second kappa shape index (κ2) is 7.48. The number of amides is 3. The summed E-state index contributed by atoms with van der Waals surface area (Å²) >= 11 is 0. The van der Waals surface area contributed by atoms with Gasteiger partial charge in [-0.05, 0) is 43.7 Å². The number of hydrogen-bond donors (Lipinski definition) is 2. The number of nitrogens with zero attached hydrogens (tertiary/aromatic N) is 2. The Balaban J connectivity index is 1.56. The first kappa shape index (κ1) is 17.2. The minimum Gasteiger partial charge on any atom is -0.353 e. The number of para-hydroxylation sites is 1. The summed E-state index contributed by atoms with van der Waals surface area (Å²) in [6.45, 7) is 0.929. The van der Waals surface area contributed by atoms with E-state index in [4.69, 9.17) is 0 Å². The Morgan fingerprint density at radius 1 is 1.24 bits per heavy atom. The summed E-state index contributed by atoms with van der Waals surface area (Å²) in [5.74, 6) is -0.955. The van der Waals surface area contributed by atoms with E-state index < -0.39 is 17.8 Å². The lowest BCUT2D eigenvalue weighted by Crippen LogP contribution is -2.41. The second-order valence-electron chi connectivity index (χ2n) is 6.15. The zero-order valence-electron chi connectivity index (χ0n) is 14.0. The normalized spacial score (nSPS) is 17.4. The predicted molar refractivity (Wildman–Crippen MR) is 92.5 cm³/mol. The molecule has 25 heavy (non-hydrogen) atoms. The topological polar surface area (TPSA) is 66.4 Å². The Labute approximate surface area is 145 Å². The molecule has 3 amide bonds. The van der Waals surface area contributed by atoms with E-state index in [-0.39, 0.29) is 18.3 Å². The van der Waals surface area contributed by atoms with Gasteiger partial charge in [0, 0.05) is 18.9 Å². The van der Waals surface area contributed by atoms with Crippen LogP contribution < -0.4 is 10.6 Å². The van der Waals surface area contributed by atoms with Crippen LogP contribution in [0.3, 0.4) is 0 Å². The van der Waals surface area contributed by atoms with Crippen LogP contribution in [0.15, 0.2) is 42.6 Å². The smallest absolute Gasteiger partial charge is 0.326 e. The number of anilines is 1. The summed E-state index contributed by atoms with van der Waals surface area (Å²) in [7, 11) is 1.98. The van der Waals surface area contributed by atoms with Gasteiger partial charge in [-0.25, -0.2) is 9.18 Å². The van der Waals surface area contributed by atoms with Gasteiger partial charge >= 0.3 is 6.03 Å². The third-order valence-electron chi connectivity index (χ3n) is 4.41. The van der Waals surface area contributed by atoms with E-state index in [0.29, 0.717) is 0 Å². The molecule has 7 heteroatoms. The summed E-state index contributed by atoms with van der Waals surface area (Å²) in [6.07, 6.45) is 3.96. The molecule has 1 aliphatic heterocycles. The van der Waals surface area contributed by atoms with E-state index in [1.807, 2.05) is 29.9 Å². The molecular formula is C18H21FN4O2. The molecule has 3 rings (SSSR count). The molecule has 1 atom stereocenters. The molecule has 0 radical (unpaired) electrons. The molecule has 0 saturated carbocycles. The van der Waals surface area contributed by atoms with Crippen molar-refractivity contribution in [3.8, 4) is 0 Å². The number of imide groups is 1. The van der Waals surface area contributed by atoms with Crippen molar-refractivity contribution in [2.45, 2.75) is 18.9 Å². The van der Waals surface area contributed by atoms with Gasteiger partial charge in [-0.3, -0.25) is 15.0 Å². The number of likely N-dealkylation sites (tertiary alicyclic amines) is 1. The third kappa shape index (κ3) is 4.06. The van der Waals surface area contributed by atoms with Gasteiger partial charge < -0.3 is 9.88 Å². The highest BCUT2D eigenvalue weighted by molar-refractivity contribution is 6.01. The lowest BCUT2D eigenvalue weighted by atomic mass is 10.1. The average Bonchev–Trinajstić information content (AvgIpc) is 3.18. The van der Waals surface area contributed by atoms with Crippen LogP contribution in [0.5, 0.6) is 0 Å². The van der Waals surface area contributed by atoms with Crippen LogP contribution in [0.4, 0.5) is 14.9 Å². The highest BCUT2D eigenvalue weighted by Crippen LogP contribution is 2.31. The van der Waals surface area contributed by atoms with Crippen LogP contribution in [-0.2, 0) is 11.8 Å². The fourth-order valence-electron chi connectivity index (χ4n) is 3.24. The lowest BCUT2D eigenvalue weighted by Gasteiger charge is -2.24. The molecule has 2 N–H and O–H groups in total. The molecule has 1 aromatic heterocycles. The minimum atomic E-state index is -0.732. The summed E-state index contributed by atoms with van der Waals surface area (Å²) in [4.78, 5) is 26.1. The van der Waals surface area contributed by atoms with Gasteiger partial charge in [0.15, 0.2) is 0 Å². The van der Waals surface area contributed by atoms with Crippen molar-refractivity contribution in [1.82, 2.24) is 14.8 Å². The van der Waals surface area contributed by atoms with Gasteiger partial charge in [0.05, 0.1) is 18.3 Å². The maximum Gasteiger partial charge on any atom is 0.326 e. The van der Waals surface area contributed by atoms with Crippen LogP contribution in [0.1, 0.15) is 24.6 Å². The van der Waals surface area contributed by atoms with E-state index >= 15 is 0 Å². The molecule has 1 aliphatic rings. The Morgan fingerprint density at radius 3 is 2.76 bits per heavy atom. The van der Waals surface area contributed by atoms with Crippen molar-refractivity contribution in [1.29, 1.82) is 0 Å². The molecule has 132 valence electrons. The first-order valence-electron chi connectivity index (χ1n) is 8.25. The average molecular weight is 344 g/mol. The van der Waals surface area contributed by atoms with Crippen LogP contribution in [0, 0.1) is 5.82 Å². The number of aromatic nitrogens is 1. The number of nitrogens with one attached hydrogen (secondary N) is 2. The molecule has 2 aromatic rings. The molecule has 0 aliphatic carbocycles. The maximum atomic E-state index is 13.5. The Hall–Kier alpha value is -2.67. The summed E-state index contributed by atoms with van der Waals surface area (Å²) in [5.41, 5.74) is 1.19. The van der Waals surface area contributed by atoms with Crippen molar-refractivity contribution < 1.29 is 14.0 Å². The Bertz CT molecular complexity index is 774. The standard InChI is InChI=1S/C18H21FN4O2/c1-22-10-4-8-15(22)16-9-5-11-23(16)12-17(24)21-18(25)20-14-7-3-2-6-13(14)19/h2-4,6-8,10,16H,5,9,11-12H2,1H3,(H2,20,21,24,25)/t16-/m1/s1. The van der Waals surface area contributed by atoms with Gasteiger partial charge in [-0.15, -0.1) is 0 Å². The van der Waals surface area contributed by atoms with Gasteiger partial charge in [0.1, 0.15) is 5.82 Å². The summed E-state index contributed by atoms with van der Waals surface area (Å²) < 4.78 is 15.6. The fourth-order valence-corrected chi connectivity index (χ4v) is 3.24. The number of carbonyl (C=O) groups excluding carboxylic acids is 2. The molecule has 0 bridgehead atoms. The van der Waals surface area contributed by atoms with E-state index in [0.717, 1.165) is 25.1 Å². The van der Waals surface area contributed by atoms with E-state index in [2.05, 4.69) is 15.5 Å². The van der Waals surface area contributed by atoms with Gasteiger partial charge in [0.2, 0.25) is 5.91 Å². The van der Waals surface area contributed by atoms with Crippen LogP contribution in [-0.4, -0.2) is 34.5 Å². The molecule has 6 nitrogen and oxygen atoms in total. The quantitative estimate of drug-likeness (QED) is 0.896. The van der Waals surface area contributed by atoms with Crippen LogP contribution >= 0.6 is 0 Å². The van der Waals surface area contributed by atoms with Gasteiger partial charge in [-0.1, -0.05) is 12.1 Å². The first-order chi connectivity index (χ1) is 12.0. The predicted octanol–water partition coefficient (Wildman–Crippen LogP) is 2.65. The largest absolute Gasteiger partial charge is 0.353 e. The number of benzene rings is 1. The molecule has 1 aromatic carbocycles. The molecular weight excluding hydrogens is 323 g/mol. The summed E-state index contributed by atoms with van der Waals surface area (Å²) in [6, 6.07) is 9.28. The second-order valence-corrected chi connectivity index (χ2v) is 6.15. The fraction of sp³-hybridized carbons (Fsp3) is 0.333. The van der Waals surface area contributed by atoms with E-state index in [1.54, 1.807) is 6.07 Å². The van der Waals surface area contributed by atoms with Crippen molar-refractivity contribution in [2.75, 3.05) is 18.4 Å². The van der Waals surface area contributed by atoms with Crippen molar-refractivity contribution in [3.63, 3.8) is 0 Å². The highest BCUT2D eigenvalue weighted by atomic mass is 19.1. The van der Waals surface area contributed by atoms with Crippen molar-refractivity contribution in [2.24, 2.45) is 7.05 Å². The van der Waals surface area contributed by atoms with Crippen LogP contribution in [0.2, 0.25) is 0 Å². The van der Waals surface area contributed by atoms with E-state index in [9.17, 15) is 14.0 Å². The summed E-state index contributed by atoms with van der Waals surface area (Å²) in [5, 5.41) is 4.60. The Morgan fingerprint density at radius 2 is 2.04 bits per heavy atom. The minimum absolute atomic E-state index is 0.0376.